The third-order valence-corrected chi connectivity index (χ3v) is 5.52. The van der Waals surface area contributed by atoms with E-state index in [4.69, 9.17) is 4.74 Å². The van der Waals surface area contributed by atoms with E-state index in [9.17, 15) is 14.4 Å². The van der Waals surface area contributed by atoms with Crippen LogP contribution in [0.15, 0.2) is 41.8 Å². The minimum Gasteiger partial charge on any atom is -0.444 e. The number of hydrogen-bond acceptors (Lipinski definition) is 5. The van der Waals surface area contributed by atoms with Gasteiger partial charge in [0, 0.05) is 30.4 Å². The fourth-order valence-electron chi connectivity index (χ4n) is 3.17. The summed E-state index contributed by atoms with van der Waals surface area (Å²) in [6.07, 6.45) is 0.829. The minimum atomic E-state index is -0.532. The number of amides is 3. The van der Waals surface area contributed by atoms with Gasteiger partial charge in [-0.15, -0.1) is 11.3 Å². The Bertz CT molecular complexity index is 897. The first-order valence-corrected chi connectivity index (χ1v) is 10.8. The lowest BCUT2D eigenvalue weighted by Gasteiger charge is -2.32. The smallest absolute Gasteiger partial charge is 0.410 e. The third kappa shape index (κ3) is 6.06. The van der Waals surface area contributed by atoms with Crippen molar-refractivity contribution in [2.24, 2.45) is 5.92 Å². The molecular weight excluding hydrogens is 402 g/mol. The van der Waals surface area contributed by atoms with Crippen LogP contribution >= 0.6 is 11.3 Å². The molecule has 0 unspecified atom stereocenters. The zero-order valence-corrected chi connectivity index (χ0v) is 18.3. The predicted octanol–water partition coefficient (Wildman–Crippen LogP) is 4.59. The first kappa shape index (κ1) is 21.8. The van der Waals surface area contributed by atoms with Crippen molar-refractivity contribution < 1.29 is 19.1 Å². The van der Waals surface area contributed by atoms with Crippen LogP contribution in [0, 0.1) is 5.92 Å². The largest absolute Gasteiger partial charge is 0.444 e. The summed E-state index contributed by atoms with van der Waals surface area (Å²) >= 11 is 1.37. The minimum absolute atomic E-state index is 0.0828. The molecule has 160 valence electrons. The number of hydrogen-bond donors (Lipinski definition) is 2. The van der Waals surface area contributed by atoms with Crippen molar-refractivity contribution in [2.45, 2.75) is 39.2 Å². The highest BCUT2D eigenvalue weighted by Gasteiger charge is 2.30. The predicted molar refractivity (Wildman–Crippen MR) is 118 cm³/mol. The molecule has 8 heteroatoms. The van der Waals surface area contributed by atoms with Crippen LogP contribution in [0.4, 0.5) is 16.2 Å². The van der Waals surface area contributed by atoms with Crippen molar-refractivity contribution in [1.29, 1.82) is 0 Å². The molecule has 30 heavy (non-hydrogen) atoms. The Morgan fingerprint density at radius 2 is 1.70 bits per heavy atom. The number of piperidine rings is 1. The van der Waals surface area contributed by atoms with Crippen molar-refractivity contribution in [2.75, 3.05) is 23.7 Å². The Morgan fingerprint density at radius 3 is 2.30 bits per heavy atom. The quantitative estimate of drug-likeness (QED) is 0.744. The van der Waals surface area contributed by atoms with E-state index in [0.29, 0.717) is 42.2 Å². The van der Waals surface area contributed by atoms with Gasteiger partial charge in [0.1, 0.15) is 5.60 Å². The monoisotopic (exact) mass is 429 g/mol. The number of benzene rings is 1. The van der Waals surface area contributed by atoms with Gasteiger partial charge in [0.2, 0.25) is 5.91 Å². The van der Waals surface area contributed by atoms with Crippen LogP contribution in [0.2, 0.25) is 0 Å². The van der Waals surface area contributed by atoms with Crippen molar-refractivity contribution >= 4 is 40.6 Å². The summed E-state index contributed by atoms with van der Waals surface area (Å²) in [6.45, 7) is 6.49. The second-order valence-corrected chi connectivity index (χ2v) is 9.19. The maximum absolute atomic E-state index is 12.7. The lowest BCUT2D eigenvalue weighted by molar-refractivity contribution is -0.121. The fraction of sp³-hybridized carbons (Fsp3) is 0.409. The Kier molecular flexibility index (Phi) is 6.77. The van der Waals surface area contributed by atoms with Crippen LogP contribution in [-0.2, 0) is 9.53 Å². The van der Waals surface area contributed by atoms with Gasteiger partial charge in [-0.05, 0) is 63.3 Å². The molecule has 7 nitrogen and oxygen atoms in total. The molecule has 0 spiro atoms. The topological polar surface area (TPSA) is 87.7 Å². The molecule has 3 amide bonds. The van der Waals surface area contributed by atoms with E-state index >= 15 is 0 Å². The summed E-state index contributed by atoms with van der Waals surface area (Å²) in [5.74, 6) is -0.434. The number of likely N-dealkylation sites (tertiary alicyclic amines) is 1. The molecule has 0 bridgehead atoms. The van der Waals surface area contributed by atoms with E-state index in [1.165, 1.54) is 11.3 Å². The maximum Gasteiger partial charge on any atom is 0.410 e. The van der Waals surface area contributed by atoms with Gasteiger partial charge in [0.05, 0.1) is 4.88 Å². The summed E-state index contributed by atoms with van der Waals surface area (Å²) in [4.78, 5) is 39.3. The van der Waals surface area contributed by atoms with Crippen molar-refractivity contribution in [1.82, 2.24) is 4.90 Å². The SMILES string of the molecule is CC(C)(C)OC(=O)N1CCC(C(=O)Nc2cccc(NC(=O)c3cccs3)c2)CC1. The molecule has 1 saturated heterocycles. The molecular formula is C22H27N3O4S. The Morgan fingerprint density at radius 1 is 1.03 bits per heavy atom. The zero-order chi connectivity index (χ0) is 21.7. The lowest BCUT2D eigenvalue weighted by Crippen LogP contribution is -2.43. The highest BCUT2D eigenvalue weighted by molar-refractivity contribution is 7.12. The molecule has 0 aliphatic carbocycles. The van der Waals surface area contributed by atoms with Crippen LogP contribution in [0.5, 0.6) is 0 Å². The highest BCUT2D eigenvalue weighted by atomic mass is 32.1. The van der Waals surface area contributed by atoms with Gasteiger partial charge in [-0.1, -0.05) is 12.1 Å². The second kappa shape index (κ2) is 9.30. The summed E-state index contributed by atoms with van der Waals surface area (Å²) in [5.41, 5.74) is 0.708. The molecule has 1 aromatic heterocycles. The van der Waals surface area contributed by atoms with Crippen LogP contribution in [-0.4, -0.2) is 41.5 Å². The van der Waals surface area contributed by atoms with E-state index in [1.807, 2.05) is 32.2 Å². The molecule has 1 aliphatic rings. The number of rotatable bonds is 4. The summed E-state index contributed by atoms with van der Waals surface area (Å²) in [7, 11) is 0. The van der Waals surface area contributed by atoms with Gasteiger partial charge in [-0.3, -0.25) is 9.59 Å². The van der Waals surface area contributed by atoms with Crippen LogP contribution in [0.1, 0.15) is 43.3 Å². The zero-order valence-electron chi connectivity index (χ0n) is 17.4. The fourth-order valence-corrected chi connectivity index (χ4v) is 3.79. The molecule has 1 aliphatic heterocycles. The molecule has 0 radical (unpaired) electrons. The van der Waals surface area contributed by atoms with Gasteiger partial charge in [-0.2, -0.15) is 0 Å². The lowest BCUT2D eigenvalue weighted by atomic mass is 9.96. The Hall–Kier alpha value is -2.87. The number of anilines is 2. The van der Waals surface area contributed by atoms with Gasteiger partial charge < -0.3 is 20.3 Å². The first-order chi connectivity index (χ1) is 14.2. The Balaban J connectivity index is 1.52. The molecule has 3 rings (SSSR count). The van der Waals surface area contributed by atoms with Crippen molar-refractivity contribution in [3.63, 3.8) is 0 Å². The normalized spacial score (nSPS) is 14.8. The van der Waals surface area contributed by atoms with Crippen LogP contribution in [0.3, 0.4) is 0 Å². The van der Waals surface area contributed by atoms with Gasteiger partial charge in [0.25, 0.3) is 5.91 Å². The van der Waals surface area contributed by atoms with Crippen LogP contribution in [0.25, 0.3) is 0 Å². The first-order valence-electron chi connectivity index (χ1n) is 9.95. The Labute approximate surface area is 180 Å². The second-order valence-electron chi connectivity index (χ2n) is 8.24. The summed E-state index contributed by atoms with van der Waals surface area (Å²) in [6, 6.07) is 10.7. The van der Waals surface area contributed by atoms with Gasteiger partial charge >= 0.3 is 6.09 Å². The van der Waals surface area contributed by atoms with E-state index in [2.05, 4.69) is 10.6 Å². The molecule has 1 fully saturated rings. The number of carbonyl (C=O) groups is 3. The molecule has 1 aromatic carbocycles. The van der Waals surface area contributed by atoms with E-state index in [0.717, 1.165) is 0 Å². The van der Waals surface area contributed by atoms with Crippen molar-refractivity contribution in [3.05, 3.63) is 46.7 Å². The molecule has 2 heterocycles. The molecule has 0 atom stereocenters. The average molecular weight is 430 g/mol. The average Bonchev–Trinajstić information content (AvgIpc) is 3.22. The van der Waals surface area contributed by atoms with E-state index in [1.54, 1.807) is 35.2 Å². The maximum atomic E-state index is 12.7. The molecule has 2 aromatic rings. The number of nitrogens with zero attached hydrogens (tertiary/aromatic N) is 1. The number of carbonyl (C=O) groups excluding carboxylic acids is 3. The van der Waals surface area contributed by atoms with E-state index in [-0.39, 0.29) is 23.8 Å². The molecule has 0 saturated carbocycles. The van der Waals surface area contributed by atoms with E-state index < -0.39 is 5.60 Å². The van der Waals surface area contributed by atoms with Gasteiger partial charge in [-0.25, -0.2) is 4.79 Å². The number of ether oxygens (including phenoxy) is 1. The number of nitrogens with one attached hydrogen (secondary N) is 2. The highest BCUT2D eigenvalue weighted by Crippen LogP contribution is 2.23. The standard InChI is InChI=1S/C22H27N3O4S/c1-22(2,3)29-21(28)25-11-9-15(10-12-25)19(26)23-16-6-4-7-17(14-16)24-20(27)18-8-5-13-30-18/h4-8,13-15H,9-12H2,1-3H3,(H,23,26)(H,24,27). The third-order valence-electron chi connectivity index (χ3n) is 4.65. The molecule has 2 N–H and O–H groups in total. The summed E-state index contributed by atoms with van der Waals surface area (Å²) < 4.78 is 5.39. The summed E-state index contributed by atoms with van der Waals surface area (Å²) in [5, 5.41) is 7.60. The van der Waals surface area contributed by atoms with Crippen molar-refractivity contribution in [3.8, 4) is 0 Å². The number of thiophene rings is 1. The van der Waals surface area contributed by atoms with Gasteiger partial charge in [0.15, 0.2) is 0 Å². The van der Waals surface area contributed by atoms with Crippen LogP contribution < -0.4 is 10.6 Å².